The summed E-state index contributed by atoms with van der Waals surface area (Å²) in [4.78, 5) is 7.56. The van der Waals surface area contributed by atoms with Gasteiger partial charge in [0.25, 0.3) is 0 Å². The van der Waals surface area contributed by atoms with Crippen molar-refractivity contribution in [2.45, 2.75) is 0 Å². The fourth-order valence-corrected chi connectivity index (χ4v) is 1.12. The zero-order chi connectivity index (χ0) is 8.97. The van der Waals surface area contributed by atoms with Crippen molar-refractivity contribution in [3.05, 3.63) is 28.3 Å². The minimum atomic E-state index is 0.156. The van der Waals surface area contributed by atoms with Crippen LogP contribution in [0.1, 0.15) is 5.56 Å². The van der Waals surface area contributed by atoms with Gasteiger partial charge >= 0.3 is 0 Å². The molecular weight excluding hydrogens is 215 g/mol. The lowest BCUT2D eigenvalue weighted by Gasteiger charge is -1.95. The molecule has 0 saturated heterocycles. The summed E-state index contributed by atoms with van der Waals surface area (Å²) in [7, 11) is 0. The first-order valence-corrected chi connectivity index (χ1v) is 4.58. The standard InChI is InChI=1S/C7H6Cl2N2S/c8-6-5(2-1-3-12)4-10-7(9)11-6/h1-2,4,12H,3H2. The lowest BCUT2D eigenvalue weighted by molar-refractivity contribution is 1.16. The fraction of sp³-hybridized carbons (Fsp3) is 0.143. The average Bonchev–Trinajstić information content (AvgIpc) is 2.03. The van der Waals surface area contributed by atoms with E-state index in [1.54, 1.807) is 12.3 Å². The highest BCUT2D eigenvalue weighted by Crippen LogP contribution is 2.15. The molecule has 0 aliphatic heterocycles. The lowest BCUT2D eigenvalue weighted by Crippen LogP contribution is -1.85. The van der Waals surface area contributed by atoms with Gasteiger partial charge in [-0.3, -0.25) is 0 Å². The molecule has 64 valence electrons. The van der Waals surface area contributed by atoms with Crippen LogP contribution in [0.5, 0.6) is 0 Å². The molecule has 0 atom stereocenters. The van der Waals surface area contributed by atoms with Crippen molar-refractivity contribution in [1.29, 1.82) is 0 Å². The Labute approximate surface area is 86.0 Å². The number of aromatic nitrogens is 2. The molecule has 0 aromatic carbocycles. The summed E-state index contributed by atoms with van der Waals surface area (Å²) in [6, 6.07) is 0. The molecule has 0 N–H and O–H groups in total. The second kappa shape index (κ2) is 4.70. The summed E-state index contributed by atoms with van der Waals surface area (Å²) in [5.41, 5.74) is 0.745. The maximum atomic E-state index is 5.75. The van der Waals surface area contributed by atoms with Crippen molar-refractivity contribution in [2.75, 3.05) is 5.75 Å². The van der Waals surface area contributed by atoms with Crippen molar-refractivity contribution in [3.8, 4) is 0 Å². The maximum Gasteiger partial charge on any atom is 0.223 e. The van der Waals surface area contributed by atoms with E-state index in [4.69, 9.17) is 23.2 Å². The Bertz CT molecular complexity index is 301. The van der Waals surface area contributed by atoms with Gasteiger partial charge in [-0.15, -0.1) is 0 Å². The molecule has 0 radical (unpaired) electrons. The first-order valence-electron chi connectivity index (χ1n) is 3.19. The number of hydrogen-bond donors (Lipinski definition) is 1. The maximum absolute atomic E-state index is 5.75. The number of nitrogens with zero attached hydrogens (tertiary/aromatic N) is 2. The SMILES string of the molecule is SCC=Cc1cnc(Cl)nc1Cl. The molecule has 0 aliphatic rings. The molecule has 1 aromatic heterocycles. The highest BCUT2D eigenvalue weighted by Gasteiger charge is 1.98. The van der Waals surface area contributed by atoms with Crippen LogP contribution in [0.15, 0.2) is 12.3 Å². The van der Waals surface area contributed by atoms with E-state index in [2.05, 4.69) is 22.6 Å². The van der Waals surface area contributed by atoms with E-state index < -0.39 is 0 Å². The van der Waals surface area contributed by atoms with Crippen molar-refractivity contribution in [1.82, 2.24) is 9.97 Å². The molecule has 12 heavy (non-hydrogen) atoms. The van der Waals surface area contributed by atoms with E-state index in [0.717, 1.165) is 5.56 Å². The molecule has 0 amide bonds. The number of thiol groups is 1. The van der Waals surface area contributed by atoms with Crippen molar-refractivity contribution in [3.63, 3.8) is 0 Å². The Balaban J connectivity index is 2.94. The Kier molecular flexibility index (Phi) is 3.85. The van der Waals surface area contributed by atoms with Crippen LogP contribution in [0.25, 0.3) is 6.08 Å². The normalized spacial score (nSPS) is 10.9. The first kappa shape index (κ1) is 9.84. The summed E-state index contributed by atoms with van der Waals surface area (Å²) >= 11 is 15.3. The van der Waals surface area contributed by atoms with E-state index in [1.807, 2.05) is 6.08 Å². The third-order valence-electron chi connectivity index (χ3n) is 1.14. The minimum absolute atomic E-state index is 0.156. The van der Waals surface area contributed by atoms with E-state index in [-0.39, 0.29) is 5.28 Å². The van der Waals surface area contributed by atoms with Gasteiger partial charge in [-0.2, -0.15) is 12.6 Å². The molecule has 0 unspecified atom stereocenters. The summed E-state index contributed by atoms with van der Waals surface area (Å²) < 4.78 is 0. The van der Waals surface area contributed by atoms with E-state index >= 15 is 0 Å². The molecule has 2 nitrogen and oxygen atoms in total. The predicted octanol–water partition coefficient (Wildman–Crippen LogP) is 2.73. The molecule has 1 heterocycles. The average molecular weight is 221 g/mol. The van der Waals surface area contributed by atoms with Crippen LogP contribution >= 0.6 is 35.8 Å². The van der Waals surface area contributed by atoms with Gasteiger partial charge < -0.3 is 0 Å². The second-order valence-electron chi connectivity index (χ2n) is 1.97. The summed E-state index contributed by atoms with van der Waals surface area (Å²) in [5.74, 6) is 0.652. The number of halogens is 2. The minimum Gasteiger partial charge on any atom is -0.226 e. The van der Waals surface area contributed by atoms with Gasteiger partial charge in [0.1, 0.15) is 5.15 Å². The quantitative estimate of drug-likeness (QED) is 0.472. The molecule has 1 rings (SSSR count). The van der Waals surface area contributed by atoms with Crippen molar-refractivity contribution < 1.29 is 0 Å². The van der Waals surface area contributed by atoms with Crippen LogP contribution in [-0.4, -0.2) is 15.7 Å². The van der Waals surface area contributed by atoms with Crippen molar-refractivity contribution in [2.24, 2.45) is 0 Å². The van der Waals surface area contributed by atoms with Crippen LogP contribution in [0.2, 0.25) is 10.4 Å². The van der Waals surface area contributed by atoms with Gasteiger partial charge in [-0.25, -0.2) is 9.97 Å². The monoisotopic (exact) mass is 220 g/mol. The highest BCUT2D eigenvalue weighted by atomic mass is 35.5. The Morgan fingerprint density at radius 3 is 2.83 bits per heavy atom. The summed E-state index contributed by atoms with van der Waals surface area (Å²) in [6.45, 7) is 0. The first-order chi connectivity index (χ1) is 5.74. The van der Waals surface area contributed by atoms with Gasteiger partial charge in [0.05, 0.1) is 0 Å². The predicted molar refractivity (Wildman–Crippen MR) is 54.9 cm³/mol. The summed E-state index contributed by atoms with van der Waals surface area (Å²) in [5, 5.41) is 0.510. The van der Waals surface area contributed by atoms with Gasteiger partial charge in [0.15, 0.2) is 0 Å². The van der Waals surface area contributed by atoms with Crippen LogP contribution in [0.3, 0.4) is 0 Å². The fourth-order valence-electron chi connectivity index (χ4n) is 0.642. The van der Waals surface area contributed by atoms with Gasteiger partial charge in [-0.1, -0.05) is 23.8 Å². The molecule has 5 heteroatoms. The number of hydrogen-bond acceptors (Lipinski definition) is 3. The highest BCUT2D eigenvalue weighted by molar-refractivity contribution is 7.80. The molecule has 0 fully saturated rings. The smallest absolute Gasteiger partial charge is 0.223 e. The third-order valence-corrected chi connectivity index (χ3v) is 1.84. The zero-order valence-electron chi connectivity index (χ0n) is 6.04. The molecule has 0 aliphatic carbocycles. The van der Waals surface area contributed by atoms with Gasteiger partial charge in [0, 0.05) is 17.5 Å². The molecule has 1 aromatic rings. The molecule has 0 spiro atoms. The Morgan fingerprint density at radius 1 is 1.50 bits per heavy atom. The molecular formula is C7H6Cl2N2S. The van der Waals surface area contributed by atoms with Gasteiger partial charge in [0.2, 0.25) is 5.28 Å². The topological polar surface area (TPSA) is 25.8 Å². The molecule has 0 bridgehead atoms. The second-order valence-corrected chi connectivity index (χ2v) is 3.03. The van der Waals surface area contributed by atoms with E-state index in [0.29, 0.717) is 10.9 Å². The van der Waals surface area contributed by atoms with Crippen LogP contribution in [0, 0.1) is 0 Å². The summed E-state index contributed by atoms with van der Waals surface area (Å²) in [6.07, 6.45) is 5.21. The lowest BCUT2D eigenvalue weighted by atomic mass is 10.3. The molecule has 0 saturated carbocycles. The Hall–Kier alpha value is -0.250. The zero-order valence-corrected chi connectivity index (χ0v) is 8.44. The van der Waals surface area contributed by atoms with Crippen molar-refractivity contribution >= 4 is 41.9 Å². The Morgan fingerprint density at radius 2 is 2.25 bits per heavy atom. The van der Waals surface area contributed by atoms with Crippen LogP contribution in [0.4, 0.5) is 0 Å². The van der Waals surface area contributed by atoms with E-state index in [1.165, 1.54) is 0 Å². The van der Waals surface area contributed by atoms with E-state index in [9.17, 15) is 0 Å². The van der Waals surface area contributed by atoms with Gasteiger partial charge in [-0.05, 0) is 11.6 Å². The third kappa shape index (κ3) is 2.66. The van der Waals surface area contributed by atoms with Crippen LogP contribution < -0.4 is 0 Å². The largest absolute Gasteiger partial charge is 0.226 e. The number of rotatable bonds is 2. The van der Waals surface area contributed by atoms with Crippen LogP contribution in [-0.2, 0) is 0 Å².